The molecule has 1 amide bonds. The zero-order valence-corrected chi connectivity index (χ0v) is 14.6. The van der Waals surface area contributed by atoms with Gasteiger partial charge in [-0.25, -0.2) is 9.97 Å². The van der Waals surface area contributed by atoms with Crippen molar-refractivity contribution in [3.05, 3.63) is 53.4 Å². The van der Waals surface area contributed by atoms with E-state index in [9.17, 15) is 9.90 Å². The predicted octanol–water partition coefficient (Wildman–Crippen LogP) is 3.08. The lowest BCUT2D eigenvalue weighted by molar-refractivity contribution is 0.0954. The molecule has 3 aromatic heterocycles. The monoisotopic (exact) mass is 367 g/mol. The minimum Gasteiger partial charge on any atom is -0.506 e. The van der Waals surface area contributed by atoms with Crippen molar-refractivity contribution in [3.63, 3.8) is 0 Å². The topological polar surface area (TPSA) is 107 Å². The van der Waals surface area contributed by atoms with Crippen LogP contribution in [0, 0.1) is 0 Å². The van der Waals surface area contributed by atoms with Crippen molar-refractivity contribution in [2.75, 3.05) is 6.54 Å². The number of carbonyl (C=O) groups excluding carboxylic acids is 1. The highest BCUT2D eigenvalue weighted by atomic mass is 32.1. The van der Waals surface area contributed by atoms with Gasteiger partial charge in [-0.2, -0.15) is 0 Å². The molecule has 0 spiro atoms. The quantitative estimate of drug-likeness (QED) is 0.393. The summed E-state index contributed by atoms with van der Waals surface area (Å²) in [5, 5.41) is 15.0. The number of aromatic amines is 2. The molecule has 0 radical (unpaired) electrons. The zero-order chi connectivity index (χ0) is 17.9. The number of hydrogen-bond donors (Lipinski definition) is 4. The molecule has 0 atom stereocenters. The van der Waals surface area contributed by atoms with E-state index < -0.39 is 0 Å². The molecule has 0 aliphatic heterocycles. The first-order chi connectivity index (χ1) is 12.7. The van der Waals surface area contributed by atoms with Crippen molar-refractivity contribution >= 4 is 28.3 Å². The number of fused-ring (bicyclic) bond motifs is 1. The van der Waals surface area contributed by atoms with E-state index >= 15 is 0 Å². The van der Waals surface area contributed by atoms with E-state index in [1.165, 1.54) is 6.07 Å². The predicted molar refractivity (Wildman–Crippen MR) is 100 cm³/mol. The maximum atomic E-state index is 12.6. The third-order valence-corrected chi connectivity index (χ3v) is 4.93. The van der Waals surface area contributed by atoms with Crippen LogP contribution in [0.2, 0.25) is 0 Å². The fraction of sp³-hybridized carbons (Fsp3) is 0.167. The van der Waals surface area contributed by atoms with Gasteiger partial charge in [0.15, 0.2) is 0 Å². The van der Waals surface area contributed by atoms with Crippen LogP contribution < -0.4 is 5.32 Å². The van der Waals surface area contributed by atoms with Crippen molar-refractivity contribution < 1.29 is 9.90 Å². The normalized spacial score (nSPS) is 11.1. The molecular formula is C18H17N5O2S. The van der Waals surface area contributed by atoms with E-state index in [0.29, 0.717) is 29.0 Å². The molecule has 0 aliphatic carbocycles. The molecule has 4 rings (SSSR count). The van der Waals surface area contributed by atoms with E-state index in [2.05, 4.69) is 25.3 Å². The standard InChI is InChI=1S/C18H17N5O2S/c24-12-6-5-11(18(25)21-7-1-4-14-19-8-9-20-14)15-16(12)23-17(22-15)13-3-2-10-26-13/h2-3,5-6,8-10,24H,1,4,7H2,(H,19,20)(H,21,25)(H,22,23). The third-order valence-electron chi connectivity index (χ3n) is 4.05. The highest BCUT2D eigenvalue weighted by Gasteiger charge is 2.17. The van der Waals surface area contributed by atoms with Crippen LogP contribution in [-0.4, -0.2) is 37.5 Å². The minimum absolute atomic E-state index is 0.0738. The van der Waals surface area contributed by atoms with Crippen LogP contribution in [0.15, 0.2) is 42.0 Å². The van der Waals surface area contributed by atoms with Crippen LogP contribution in [0.4, 0.5) is 0 Å². The number of thiophene rings is 1. The Morgan fingerprint density at radius 3 is 3.00 bits per heavy atom. The van der Waals surface area contributed by atoms with Crippen LogP contribution >= 0.6 is 11.3 Å². The first-order valence-corrected chi connectivity index (χ1v) is 9.12. The van der Waals surface area contributed by atoms with E-state index in [1.807, 2.05) is 17.5 Å². The van der Waals surface area contributed by atoms with Crippen LogP contribution in [-0.2, 0) is 6.42 Å². The van der Waals surface area contributed by atoms with E-state index in [1.54, 1.807) is 29.8 Å². The Morgan fingerprint density at radius 1 is 1.31 bits per heavy atom. The number of benzene rings is 1. The van der Waals surface area contributed by atoms with Crippen LogP contribution in [0.1, 0.15) is 22.6 Å². The molecule has 1 aromatic carbocycles. The van der Waals surface area contributed by atoms with Gasteiger partial charge in [0.2, 0.25) is 0 Å². The summed E-state index contributed by atoms with van der Waals surface area (Å²) in [6.45, 7) is 0.532. The average Bonchev–Trinajstić information content (AvgIpc) is 3.39. The minimum atomic E-state index is -0.210. The highest BCUT2D eigenvalue weighted by Crippen LogP contribution is 2.30. The Bertz CT molecular complexity index is 1020. The van der Waals surface area contributed by atoms with Gasteiger partial charge in [-0.3, -0.25) is 4.79 Å². The number of aromatic hydroxyl groups is 1. The van der Waals surface area contributed by atoms with Crippen molar-refractivity contribution in [2.45, 2.75) is 12.8 Å². The number of aromatic nitrogens is 4. The molecule has 0 unspecified atom stereocenters. The SMILES string of the molecule is O=C(NCCCc1ncc[nH]1)c1ccc(O)c2[nH]c(-c3cccs3)nc12. The Kier molecular flexibility index (Phi) is 4.40. The number of H-pyrrole nitrogens is 2. The molecule has 0 bridgehead atoms. The van der Waals surface area contributed by atoms with Crippen LogP contribution in [0.25, 0.3) is 21.7 Å². The lowest BCUT2D eigenvalue weighted by atomic mass is 10.1. The number of aryl methyl sites for hydroxylation is 1. The molecular weight excluding hydrogens is 350 g/mol. The fourth-order valence-electron chi connectivity index (χ4n) is 2.78. The number of amides is 1. The summed E-state index contributed by atoms with van der Waals surface area (Å²) in [6, 6.07) is 6.97. The maximum Gasteiger partial charge on any atom is 0.253 e. The van der Waals surface area contributed by atoms with Gasteiger partial charge in [-0.05, 0) is 30.0 Å². The molecule has 0 saturated heterocycles. The van der Waals surface area contributed by atoms with E-state index in [-0.39, 0.29) is 11.7 Å². The number of hydrogen-bond acceptors (Lipinski definition) is 5. The summed E-state index contributed by atoms with van der Waals surface area (Å²) in [6.07, 6.45) is 5.04. The van der Waals surface area contributed by atoms with Crippen molar-refractivity contribution in [2.24, 2.45) is 0 Å². The number of imidazole rings is 2. The van der Waals surface area contributed by atoms with Crippen molar-refractivity contribution in [1.82, 2.24) is 25.3 Å². The Hall–Kier alpha value is -3.13. The Labute approximate surface area is 153 Å². The summed E-state index contributed by atoms with van der Waals surface area (Å²) in [5.74, 6) is 1.41. The van der Waals surface area contributed by atoms with Gasteiger partial charge in [-0.15, -0.1) is 11.3 Å². The molecule has 3 heterocycles. The van der Waals surface area contributed by atoms with E-state index in [0.717, 1.165) is 23.5 Å². The van der Waals surface area contributed by atoms with Gasteiger partial charge in [0.05, 0.1) is 10.4 Å². The lowest BCUT2D eigenvalue weighted by Crippen LogP contribution is -2.25. The number of carbonyl (C=O) groups is 1. The number of phenols is 1. The molecule has 132 valence electrons. The Morgan fingerprint density at radius 2 is 2.23 bits per heavy atom. The van der Waals surface area contributed by atoms with Crippen LogP contribution in [0.5, 0.6) is 5.75 Å². The lowest BCUT2D eigenvalue weighted by Gasteiger charge is -2.06. The molecule has 0 saturated carbocycles. The second-order valence-electron chi connectivity index (χ2n) is 5.81. The summed E-state index contributed by atoms with van der Waals surface area (Å²) >= 11 is 1.54. The number of phenolic OH excluding ortho intramolecular Hbond substituents is 1. The summed E-state index contributed by atoms with van der Waals surface area (Å²) in [5.41, 5.74) is 1.38. The molecule has 0 aliphatic rings. The van der Waals surface area contributed by atoms with Gasteiger partial charge in [0.1, 0.15) is 28.4 Å². The van der Waals surface area contributed by atoms with Crippen LogP contribution in [0.3, 0.4) is 0 Å². The van der Waals surface area contributed by atoms with Crippen molar-refractivity contribution in [1.29, 1.82) is 0 Å². The van der Waals surface area contributed by atoms with Gasteiger partial charge in [0, 0.05) is 25.4 Å². The summed E-state index contributed by atoms with van der Waals surface area (Å²) in [7, 11) is 0. The van der Waals surface area contributed by atoms with Gasteiger partial charge >= 0.3 is 0 Å². The average molecular weight is 367 g/mol. The number of nitrogens with zero attached hydrogens (tertiary/aromatic N) is 2. The highest BCUT2D eigenvalue weighted by molar-refractivity contribution is 7.13. The zero-order valence-electron chi connectivity index (χ0n) is 13.8. The number of nitrogens with one attached hydrogen (secondary N) is 3. The first-order valence-electron chi connectivity index (χ1n) is 8.24. The molecule has 4 aromatic rings. The molecule has 0 fully saturated rings. The second-order valence-corrected chi connectivity index (χ2v) is 6.76. The maximum absolute atomic E-state index is 12.6. The molecule has 8 heteroatoms. The van der Waals surface area contributed by atoms with Gasteiger partial charge in [-0.1, -0.05) is 6.07 Å². The summed E-state index contributed by atoms with van der Waals surface area (Å²) in [4.78, 5) is 28.3. The number of rotatable bonds is 6. The molecule has 4 N–H and O–H groups in total. The van der Waals surface area contributed by atoms with Gasteiger partial charge < -0.3 is 20.4 Å². The summed E-state index contributed by atoms with van der Waals surface area (Å²) < 4.78 is 0. The fourth-order valence-corrected chi connectivity index (χ4v) is 3.45. The molecule has 26 heavy (non-hydrogen) atoms. The third kappa shape index (κ3) is 3.18. The largest absolute Gasteiger partial charge is 0.506 e. The second kappa shape index (κ2) is 7.01. The van der Waals surface area contributed by atoms with Gasteiger partial charge in [0.25, 0.3) is 5.91 Å². The van der Waals surface area contributed by atoms with E-state index in [4.69, 9.17) is 0 Å². The Balaban J connectivity index is 1.51. The van der Waals surface area contributed by atoms with Crippen molar-refractivity contribution in [3.8, 4) is 16.5 Å². The molecule has 7 nitrogen and oxygen atoms in total. The smallest absolute Gasteiger partial charge is 0.253 e. The first kappa shape index (κ1) is 16.3.